The second-order valence-electron chi connectivity index (χ2n) is 2.14. The summed E-state index contributed by atoms with van der Waals surface area (Å²) in [6, 6.07) is 18.0. The van der Waals surface area contributed by atoms with Crippen LogP contribution in [0.2, 0.25) is 0 Å². The Morgan fingerprint density at radius 2 is 1.42 bits per heavy atom. The first kappa shape index (κ1) is 11.8. The predicted molar refractivity (Wildman–Crippen MR) is 49.5 cm³/mol. The van der Waals surface area contributed by atoms with Gasteiger partial charge in [-0.2, -0.15) is 35.5 Å². The van der Waals surface area contributed by atoms with E-state index in [4.69, 9.17) is 0 Å². The molecule has 0 aliphatic heterocycles. The van der Waals surface area contributed by atoms with Gasteiger partial charge in [0.25, 0.3) is 0 Å². The van der Waals surface area contributed by atoms with Gasteiger partial charge in [0.1, 0.15) is 0 Å². The maximum absolute atomic E-state index is 3.33. The summed E-state index contributed by atoms with van der Waals surface area (Å²) >= 11 is 0. The molecule has 2 rings (SSSR count). The number of hydrogen-bond acceptors (Lipinski definition) is 0. The summed E-state index contributed by atoms with van der Waals surface area (Å²) < 4.78 is 0. The van der Waals surface area contributed by atoms with Crippen molar-refractivity contribution in [3.8, 4) is 0 Å². The summed E-state index contributed by atoms with van der Waals surface area (Å²) in [5.41, 5.74) is 0. The smallest absolute Gasteiger partial charge is 0.214 e. The Bertz CT molecular complexity index is 228. The zero-order valence-corrected chi connectivity index (χ0v) is 10.2. The van der Waals surface area contributed by atoms with E-state index < -0.39 is 0 Å². The summed E-state index contributed by atoms with van der Waals surface area (Å²) in [5.74, 6) is 0. The fraction of sp³-hybridized carbons (Fsp3) is 0. The van der Waals surface area contributed by atoms with Gasteiger partial charge >= 0.3 is 26.2 Å². The van der Waals surface area contributed by atoms with E-state index in [1.165, 1.54) is 0 Å². The van der Waals surface area contributed by atoms with Crippen LogP contribution in [0, 0.1) is 0 Å². The molecule has 0 aliphatic carbocycles. The van der Waals surface area contributed by atoms with E-state index >= 15 is 0 Å². The maximum Gasteiger partial charge on any atom is 2.00 e. The van der Waals surface area contributed by atoms with Gasteiger partial charge in [-0.1, -0.05) is 0 Å². The molecular formula is C10H9SiZr. The summed E-state index contributed by atoms with van der Waals surface area (Å²) in [4.78, 5) is 0. The van der Waals surface area contributed by atoms with E-state index in [1.807, 2.05) is 54.6 Å². The van der Waals surface area contributed by atoms with E-state index in [2.05, 4.69) is 10.2 Å². The topological polar surface area (TPSA) is 0 Å². The van der Waals surface area contributed by atoms with Gasteiger partial charge in [-0.15, -0.1) is 0 Å². The molecule has 3 radical (unpaired) electrons. The van der Waals surface area contributed by atoms with E-state index in [9.17, 15) is 0 Å². The van der Waals surface area contributed by atoms with Crippen LogP contribution in [0.25, 0.3) is 0 Å². The van der Waals surface area contributed by atoms with Gasteiger partial charge in [0.2, 0.25) is 0 Å². The molecule has 0 nitrogen and oxygen atoms in total. The Hall–Kier alpha value is -0.200. The minimum atomic E-state index is 0. The second-order valence-corrected chi connectivity index (χ2v) is 2.71. The van der Waals surface area contributed by atoms with Crippen molar-refractivity contribution in [3.05, 3.63) is 54.6 Å². The van der Waals surface area contributed by atoms with Crippen LogP contribution in [0.5, 0.6) is 0 Å². The molecule has 2 aromatic carbocycles. The summed E-state index contributed by atoms with van der Waals surface area (Å²) in [5, 5.41) is 1.15. The van der Waals surface area contributed by atoms with Gasteiger partial charge in [-0.3, -0.25) is 0 Å². The summed E-state index contributed by atoms with van der Waals surface area (Å²) in [7, 11) is 3.33. The third kappa shape index (κ3) is 5.45. The molecule has 0 aliphatic rings. The van der Waals surface area contributed by atoms with Crippen molar-refractivity contribution in [3.63, 3.8) is 0 Å². The van der Waals surface area contributed by atoms with Gasteiger partial charge in [0.05, 0.1) is 0 Å². The van der Waals surface area contributed by atoms with Crippen LogP contribution >= 0.6 is 0 Å². The van der Waals surface area contributed by atoms with Crippen molar-refractivity contribution in [2.75, 3.05) is 0 Å². The Morgan fingerprint density at radius 1 is 0.917 bits per heavy atom. The van der Waals surface area contributed by atoms with Crippen LogP contribution in [0.1, 0.15) is 0 Å². The molecule has 0 saturated heterocycles. The van der Waals surface area contributed by atoms with Crippen molar-refractivity contribution in [1.82, 2.24) is 0 Å². The fourth-order valence-corrected chi connectivity index (χ4v) is 0.887. The van der Waals surface area contributed by atoms with Crippen LogP contribution in [-0.2, 0) is 26.2 Å². The Morgan fingerprint density at radius 3 is 1.58 bits per heavy atom. The molecular weight excluding hydrogens is 239 g/mol. The monoisotopic (exact) mass is 247 g/mol. The van der Waals surface area contributed by atoms with Gasteiger partial charge < -0.3 is 0 Å². The molecule has 0 bridgehead atoms. The van der Waals surface area contributed by atoms with E-state index in [0.717, 1.165) is 5.19 Å². The standard InChI is InChI=1S/C5H4Si.C5H5.Zr/c6-5-3-1-2-4-5;1-2-4-5-3-1;/h1-4H;1-5H;/q2*-1;+2. The summed E-state index contributed by atoms with van der Waals surface area (Å²) in [6.07, 6.45) is 0. The molecule has 0 heterocycles. The molecule has 0 spiro atoms. The van der Waals surface area contributed by atoms with Gasteiger partial charge in [0.15, 0.2) is 0 Å². The third-order valence-electron chi connectivity index (χ3n) is 1.22. The van der Waals surface area contributed by atoms with Gasteiger partial charge in [-0.25, -0.2) is 24.3 Å². The molecule has 0 fully saturated rings. The van der Waals surface area contributed by atoms with Crippen molar-refractivity contribution in [1.29, 1.82) is 0 Å². The van der Waals surface area contributed by atoms with Crippen LogP contribution in [0.3, 0.4) is 0 Å². The zero-order valence-electron chi connectivity index (χ0n) is 6.70. The first-order chi connectivity index (χ1) is 5.39. The average molecular weight is 248 g/mol. The molecule has 2 heteroatoms. The Labute approximate surface area is 95.9 Å². The van der Waals surface area contributed by atoms with Crippen LogP contribution < -0.4 is 5.19 Å². The molecule has 0 saturated carbocycles. The normalized spacial score (nSPS) is 7.75. The molecule has 0 aromatic heterocycles. The molecule has 0 N–H and O–H groups in total. The molecule has 12 heavy (non-hydrogen) atoms. The maximum atomic E-state index is 3.33. The third-order valence-corrected chi connectivity index (χ3v) is 1.55. The van der Waals surface area contributed by atoms with Crippen molar-refractivity contribution in [2.45, 2.75) is 0 Å². The second kappa shape index (κ2) is 7.45. The van der Waals surface area contributed by atoms with Crippen molar-refractivity contribution < 1.29 is 26.2 Å². The predicted octanol–water partition coefficient (Wildman–Crippen LogP) is 1.60. The van der Waals surface area contributed by atoms with E-state index in [1.54, 1.807) is 0 Å². The van der Waals surface area contributed by atoms with E-state index in [-0.39, 0.29) is 26.2 Å². The van der Waals surface area contributed by atoms with Crippen LogP contribution in [0.4, 0.5) is 0 Å². The van der Waals surface area contributed by atoms with Crippen LogP contribution in [-0.4, -0.2) is 10.2 Å². The molecule has 57 valence electrons. The minimum absolute atomic E-state index is 0. The molecule has 0 atom stereocenters. The average Bonchev–Trinajstić information content (AvgIpc) is 2.57. The quantitative estimate of drug-likeness (QED) is 0.491. The van der Waals surface area contributed by atoms with Gasteiger partial charge in [-0.05, 0) is 10.2 Å². The van der Waals surface area contributed by atoms with Crippen molar-refractivity contribution >= 4 is 15.4 Å². The summed E-state index contributed by atoms with van der Waals surface area (Å²) in [6.45, 7) is 0. The number of hydrogen-bond donors (Lipinski definition) is 0. The SMILES string of the molecule is [Si][c-]1cccc1.[Zr+2].c1cc[cH-]c1. The first-order valence-electron chi connectivity index (χ1n) is 3.49. The zero-order chi connectivity index (χ0) is 7.94. The molecule has 0 unspecified atom stereocenters. The molecule has 2 aromatic rings. The molecule has 0 amide bonds. The fourth-order valence-electron chi connectivity index (χ4n) is 0.695. The van der Waals surface area contributed by atoms with E-state index in [0.29, 0.717) is 0 Å². The Kier molecular flexibility index (Phi) is 7.33. The Balaban J connectivity index is 0.000000189. The largest absolute Gasteiger partial charge is 2.00 e. The van der Waals surface area contributed by atoms with Gasteiger partial charge in [0, 0.05) is 0 Å². The first-order valence-corrected chi connectivity index (χ1v) is 3.99. The van der Waals surface area contributed by atoms with Crippen molar-refractivity contribution in [2.24, 2.45) is 0 Å². The van der Waals surface area contributed by atoms with Crippen LogP contribution in [0.15, 0.2) is 54.6 Å². The number of rotatable bonds is 0. The minimum Gasteiger partial charge on any atom is -0.214 e.